The van der Waals surface area contributed by atoms with Crippen LogP contribution in [0.25, 0.3) is 0 Å². The third-order valence-electron chi connectivity index (χ3n) is 2.83. The molecule has 1 aromatic heterocycles. The van der Waals surface area contributed by atoms with Crippen LogP contribution in [0.3, 0.4) is 0 Å². The predicted molar refractivity (Wildman–Crippen MR) is 63.5 cm³/mol. The van der Waals surface area contributed by atoms with Gasteiger partial charge in [0.25, 0.3) is 0 Å². The molecule has 1 aliphatic rings. The van der Waals surface area contributed by atoms with Crippen LogP contribution in [0, 0.1) is 0 Å². The van der Waals surface area contributed by atoms with E-state index in [0.29, 0.717) is 25.2 Å². The quantitative estimate of drug-likeness (QED) is 0.880. The first-order valence-corrected chi connectivity index (χ1v) is 8.00. The molecule has 1 fully saturated rings. The summed E-state index contributed by atoms with van der Waals surface area (Å²) in [4.78, 5) is 5.39. The van der Waals surface area contributed by atoms with Crippen molar-refractivity contribution in [1.82, 2.24) is 4.98 Å². The number of aliphatic hydroxyl groups excluding tert-OH is 1. The molecule has 0 radical (unpaired) electrons. The topological polar surface area (TPSA) is 67.3 Å². The fourth-order valence-corrected chi connectivity index (χ4v) is 4.44. The predicted octanol–water partition coefficient (Wildman–Crippen LogP) is 0.970. The summed E-state index contributed by atoms with van der Waals surface area (Å²) in [6.07, 6.45) is 3.81. The minimum Gasteiger partial charge on any atom is -0.396 e. The third-order valence-corrected chi connectivity index (χ3v) is 5.77. The molecule has 6 heteroatoms. The highest BCUT2D eigenvalue weighted by molar-refractivity contribution is 7.91. The Bertz CT molecular complexity index is 438. The number of hydrogen-bond acceptors (Lipinski definition) is 5. The largest absolute Gasteiger partial charge is 0.396 e. The van der Waals surface area contributed by atoms with E-state index in [2.05, 4.69) is 4.98 Å². The maximum atomic E-state index is 11.3. The summed E-state index contributed by atoms with van der Waals surface area (Å²) in [6, 6.07) is 0. The number of nitrogens with zero attached hydrogens (tertiary/aromatic N) is 1. The lowest BCUT2D eigenvalue weighted by atomic mass is 10.0. The van der Waals surface area contributed by atoms with Crippen molar-refractivity contribution in [2.24, 2.45) is 0 Å². The molecule has 16 heavy (non-hydrogen) atoms. The van der Waals surface area contributed by atoms with E-state index in [1.807, 2.05) is 0 Å². The van der Waals surface area contributed by atoms with Crippen molar-refractivity contribution < 1.29 is 13.5 Å². The van der Waals surface area contributed by atoms with Crippen LogP contribution in [0.2, 0.25) is 0 Å². The van der Waals surface area contributed by atoms with E-state index in [1.54, 1.807) is 17.5 Å². The molecular formula is C10H15NO3S2. The van der Waals surface area contributed by atoms with Crippen LogP contribution in [0.4, 0.5) is 0 Å². The smallest absolute Gasteiger partial charge is 0.150 e. The molecule has 1 aromatic rings. The second-order valence-corrected chi connectivity index (χ2v) is 7.51. The standard InChI is InChI=1S/C10H15NO3S2/c12-4-1-9-7-11-10(15-9)8-2-5-16(13,14)6-3-8/h7-8,12H,1-6H2. The minimum atomic E-state index is -2.79. The highest BCUT2D eigenvalue weighted by Crippen LogP contribution is 2.31. The summed E-state index contributed by atoms with van der Waals surface area (Å²) < 4.78 is 22.6. The maximum absolute atomic E-state index is 11.3. The molecule has 0 amide bonds. The van der Waals surface area contributed by atoms with E-state index in [0.717, 1.165) is 9.88 Å². The number of rotatable bonds is 3. The Morgan fingerprint density at radius 3 is 2.75 bits per heavy atom. The molecule has 2 heterocycles. The summed E-state index contributed by atoms with van der Waals surface area (Å²) in [5, 5.41) is 9.83. The van der Waals surface area contributed by atoms with Gasteiger partial charge in [-0.05, 0) is 12.8 Å². The number of aliphatic hydroxyl groups is 1. The van der Waals surface area contributed by atoms with Gasteiger partial charge in [0.15, 0.2) is 0 Å². The van der Waals surface area contributed by atoms with E-state index in [-0.39, 0.29) is 18.1 Å². The van der Waals surface area contributed by atoms with Gasteiger partial charge in [-0.3, -0.25) is 0 Å². The van der Waals surface area contributed by atoms with Crippen LogP contribution in [0.15, 0.2) is 6.20 Å². The van der Waals surface area contributed by atoms with Crippen molar-refractivity contribution >= 4 is 21.2 Å². The first-order valence-electron chi connectivity index (χ1n) is 5.36. The van der Waals surface area contributed by atoms with Gasteiger partial charge in [-0.15, -0.1) is 11.3 Å². The molecule has 1 N–H and O–H groups in total. The van der Waals surface area contributed by atoms with Crippen LogP contribution >= 0.6 is 11.3 Å². The van der Waals surface area contributed by atoms with Gasteiger partial charge in [-0.25, -0.2) is 13.4 Å². The van der Waals surface area contributed by atoms with Crippen LogP contribution in [0.5, 0.6) is 0 Å². The van der Waals surface area contributed by atoms with E-state index < -0.39 is 9.84 Å². The lowest BCUT2D eigenvalue weighted by Gasteiger charge is -2.19. The fraction of sp³-hybridized carbons (Fsp3) is 0.700. The average Bonchev–Trinajstić information content (AvgIpc) is 2.67. The second kappa shape index (κ2) is 4.81. The summed E-state index contributed by atoms with van der Waals surface area (Å²) in [5.41, 5.74) is 0. The average molecular weight is 261 g/mol. The third kappa shape index (κ3) is 2.81. The van der Waals surface area contributed by atoms with Crippen LogP contribution < -0.4 is 0 Å². The zero-order chi connectivity index (χ0) is 11.6. The molecule has 0 spiro atoms. The first-order chi connectivity index (χ1) is 7.61. The number of aromatic nitrogens is 1. The Balaban J connectivity index is 2.02. The molecule has 90 valence electrons. The van der Waals surface area contributed by atoms with Gasteiger partial charge in [-0.2, -0.15) is 0 Å². The zero-order valence-corrected chi connectivity index (χ0v) is 10.6. The molecule has 4 nitrogen and oxygen atoms in total. The van der Waals surface area contributed by atoms with Crippen molar-refractivity contribution in [3.63, 3.8) is 0 Å². The molecule has 0 unspecified atom stereocenters. The van der Waals surface area contributed by atoms with E-state index in [1.165, 1.54) is 0 Å². The Morgan fingerprint density at radius 1 is 1.44 bits per heavy atom. The summed E-state index contributed by atoms with van der Waals surface area (Å²) >= 11 is 1.60. The van der Waals surface area contributed by atoms with Gasteiger partial charge in [-0.1, -0.05) is 0 Å². The van der Waals surface area contributed by atoms with Gasteiger partial charge in [0.05, 0.1) is 16.5 Å². The fourth-order valence-electron chi connectivity index (χ4n) is 1.87. The highest BCUT2D eigenvalue weighted by Gasteiger charge is 2.26. The van der Waals surface area contributed by atoms with E-state index in [4.69, 9.17) is 5.11 Å². The molecule has 0 aliphatic carbocycles. The lowest BCUT2D eigenvalue weighted by Crippen LogP contribution is -2.21. The Labute approximate surface area is 99.3 Å². The monoisotopic (exact) mass is 261 g/mol. The molecule has 0 saturated carbocycles. The van der Waals surface area contributed by atoms with Gasteiger partial charge in [0.1, 0.15) is 9.84 Å². The Kier molecular flexibility index (Phi) is 3.61. The molecular weight excluding hydrogens is 246 g/mol. The van der Waals surface area contributed by atoms with Gasteiger partial charge in [0, 0.05) is 30.0 Å². The molecule has 2 rings (SSSR count). The van der Waals surface area contributed by atoms with Crippen LogP contribution in [0.1, 0.15) is 28.6 Å². The Morgan fingerprint density at radius 2 is 2.12 bits per heavy atom. The number of hydrogen-bond donors (Lipinski definition) is 1. The van der Waals surface area contributed by atoms with E-state index >= 15 is 0 Å². The molecule has 0 bridgehead atoms. The summed E-state index contributed by atoms with van der Waals surface area (Å²) in [6.45, 7) is 0.140. The highest BCUT2D eigenvalue weighted by atomic mass is 32.2. The number of sulfone groups is 1. The molecule has 1 saturated heterocycles. The van der Waals surface area contributed by atoms with Crippen molar-refractivity contribution in [3.05, 3.63) is 16.1 Å². The van der Waals surface area contributed by atoms with Gasteiger partial charge < -0.3 is 5.11 Å². The van der Waals surface area contributed by atoms with Gasteiger partial charge >= 0.3 is 0 Å². The second-order valence-electron chi connectivity index (χ2n) is 4.06. The molecule has 1 aliphatic heterocycles. The van der Waals surface area contributed by atoms with Crippen molar-refractivity contribution in [3.8, 4) is 0 Å². The molecule has 0 atom stereocenters. The number of thiazole rings is 1. The SMILES string of the molecule is O=S1(=O)CCC(c2ncc(CCO)s2)CC1. The van der Waals surface area contributed by atoms with Gasteiger partial charge in [0.2, 0.25) is 0 Å². The summed E-state index contributed by atoms with van der Waals surface area (Å²) in [7, 11) is -2.79. The normalized spacial score (nSPS) is 21.1. The van der Waals surface area contributed by atoms with Crippen molar-refractivity contribution in [1.29, 1.82) is 0 Å². The summed E-state index contributed by atoms with van der Waals surface area (Å²) in [5.74, 6) is 0.861. The lowest BCUT2D eigenvalue weighted by molar-refractivity contribution is 0.300. The Hall–Kier alpha value is -0.460. The maximum Gasteiger partial charge on any atom is 0.150 e. The minimum absolute atomic E-state index is 0.140. The van der Waals surface area contributed by atoms with Crippen LogP contribution in [-0.4, -0.2) is 36.6 Å². The molecule has 0 aromatic carbocycles. The van der Waals surface area contributed by atoms with Crippen molar-refractivity contribution in [2.45, 2.75) is 25.2 Å². The zero-order valence-electron chi connectivity index (χ0n) is 8.92. The van der Waals surface area contributed by atoms with Crippen LogP contribution in [-0.2, 0) is 16.3 Å². The first kappa shape index (κ1) is 12.0. The van der Waals surface area contributed by atoms with E-state index in [9.17, 15) is 8.42 Å². The van der Waals surface area contributed by atoms with Crippen molar-refractivity contribution in [2.75, 3.05) is 18.1 Å².